The molecule has 0 atom stereocenters. The van der Waals surface area contributed by atoms with E-state index in [1.807, 2.05) is 37.4 Å². The van der Waals surface area contributed by atoms with Crippen LogP contribution < -0.4 is 5.73 Å². The third-order valence-corrected chi connectivity index (χ3v) is 3.22. The smallest absolute Gasteiger partial charge is 0.130 e. The van der Waals surface area contributed by atoms with Gasteiger partial charge in [-0.2, -0.15) is 5.10 Å². The average molecular weight is 250 g/mol. The minimum absolute atomic E-state index is 0.666. The average Bonchev–Trinajstić information content (AvgIpc) is 2.65. The second-order valence-electron chi connectivity index (χ2n) is 4.00. The van der Waals surface area contributed by atoms with Crippen molar-refractivity contribution in [2.24, 2.45) is 12.8 Å². The molecule has 0 aliphatic rings. The lowest BCUT2D eigenvalue weighted by atomic mass is 10.0. The first-order valence-electron chi connectivity index (χ1n) is 5.71. The van der Waals surface area contributed by atoms with Crippen LogP contribution in [-0.2, 0) is 13.5 Å². The van der Waals surface area contributed by atoms with Crippen molar-refractivity contribution in [1.82, 2.24) is 9.78 Å². The molecule has 0 fully saturated rings. The third kappa shape index (κ3) is 2.51. The summed E-state index contributed by atoms with van der Waals surface area (Å²) in [5.74, 6) is 0. The highest BCUT2D eigenvalue weighted by molar-refractivity contribution is 6.30. The fourth-order valence-electron chi connectivity index (χ4n) is 1.88. The molecule has 0 amide bonds. The van der Waals surface area contributed by atoms with Crippen molar-refractivity contribution >= 4 is 11.6 Å². The van der Waals surface area contributed by atoms with Gasteiger partial charge in [0, 0.05) is 18.2 Å². The van der Waals surface area contributed by atoms with Crippen molar-refractivity contribution in [2.45, 2.75) is 12.8 Å². The zero-order valence-corrected chi connectivity index (χ0v) is 10.6. The zero-order valence-electron chi connectivity index (χ0n) is 9.86. The van der Waals surface area contributed by atoms with Crippen LogP contribution in [0.2, 0.25) is 5.15 Å². The molecule has 0 saturated carbocycles. The molecule has 0 unspecified atom stereocenters. The molecule has 17 heavy (non-hydrogen) atoms. The summed E-state index contributed by atoms with van der Waals surface area (Å²) in [4.78, 5) is 0. The van der Waals surface area contributed by atoms with E-state index in [1.165, 1.54) is 0 Å². The van der Waals surface area contributed by atoms with Crippen LogP contribution in [0.15, 0.2) is 30.3 Å². The first-order valence-corrected chi connectivity index (χ1v) is 6.08. The maximum absolute atomic E-state index is 6.26. The molecule has 4 heteroatoms. The van der Waals surface area contributed by atoms with E-state index in [-0.39, 0.29) is 0 Å². The van der Waals surface area contributed by atoms with Gasteiger partial charge in [0.2, 0.25) is 0 Å². The molecule has 0 bridgehead atoms. The largest absolute Gasteiger partial charge is 0.330 e. The standard InChI is InChI=1S/C13H16ClN3/c1-17-13(14)11(8-5-9-15)12(16-17)10-6-3-2-4-7-10/h2-4,6-7H,5,8-9,15H2,1H3. The minimum atomic E-state index is 0.666. The molecular weight excluding hydrogens is 234 g/mol. The Hall–Kier alpha value is -1.32. The number of halogens is 1. The Labute approximate surface area is 106 Å². The highest BCUT2D eigenvalue weighted by Crippen LogP contribution is 2.28. The van der Waals surface area contributed by atoms with E-state index in [4.69, 9.17) is 17.3 Å². The van der Waals surface area contributed by atoms with Gasteiger partial charge < -0.3 is 5.73 Å². The Bertz CT molecular complexity index is 491. The third-order valence-electron chi connectivity index (χ3n) is 2.75. The SMILES string of the molecule is Cn1nc(-c2ccccc2)c(CCCN)c1Cl. The number of rotatable bonds is 4. The normalized spacial score (nSPS) is 10.8. The summed E-state index contributed by atoms with van der Waals surface area (Å²) in [6.07, 6.45) is 1.79. The van der Waals surface area contributed by atoms with E-state index < -0.39 is 0 Å². The van der Waals surface area contributed by atoms with E-state index in [0.717, 1.165) is 29.7 Å². The van der Waals surface area contributed by atoms with Gasteiger partial charge in [0.15, 0.2) is 0 Å². The van der Waals surface area contributed by atoms with E-state index in [9.17, 15) is 0 Å². The molecule has 0 spiro atoms. The van der Waals surface area contributed by atoms with Crippen molar-refractivity contribution in [1.29, 1.82) is 0 Å². The van der Waals surface area contributed by atoms with E-state index in [2.05, 4.69) is 5.10 Å². The molecule has 0 aliphatic carbocycles. The van der Waals surface area contributed by atoms with Gasteiger partial charge >= 0.3 is 0 Å². The maximum Gasteiger partial charge on any atom is 0.130 e. The highest BCUT2D eigenvalue weighted by Gasteiger charge is 2.15. The summed E-state index contributed by atoms with van der Waals surface area (Å²) in [6.45, 7) is 0.666. The van der Waals surface area contributed by atoms with Gasteiger partial charge in [-0.1, -0.05) is 41.9 Å². The Morgan fingerprint density at radius 3 is 2.65 bits per heavy atom. The van der Waals surface area contributed by atoms with Gasteiger partial charge in [0.25, 0.3) is 0 Å². The summed E-state index contributed by atoms with van der Waals surface area (Å²) in [6, 6.07) is 10.1. The summed E-state index contributed by atoms with van der Waals surface area (Å²) >= 11 is 6.26. The monoisotopic (exact) mass is 249 g/mol. The van der Waals surface area contributed by atoms with Crippen molar-refractivity contribution < 1.29 is 0 Å². The van der Waals surface area contributed by atoms with Gasteiger partial charge in [-0.15, -0.1) is 0 Å². The number of hydrogen-bond donors (Lipinski definition) is 1. The molecule has 0 radical (unpaired) electrons. The summed E-state index contributed by atoms with van der Waals surface area (Å²) in [5.41, 5.74) is 8.70. The van der Waals surface area contributed by atoms with Crippen LogP contribution in [0.4, 0.5) is 0 Å². The maximum atomic E-state index is 6.26. The van der Waals surface area contributed by atoms with Crippen molar-refractivity contribution in [3.8, 4) is 11.3 Å². The molecule has 1 heterocycles. The van der Waals surface area contributed by atoms with Crippen LogP contribution >= 0.6 is 11.6 Å². The lowest BCUT2D eigenvalue weighted by molar-refractivity contribution is 0.768. The lowest BCUT2D eigenvalue weighted by Gasteiger charge is -2.02. The zero-order chi connectivity index (χ0) is 12.3. The van der Waals surface area contributed by atoms with Gasteiger partial charge in [0.05, 0.1) is 5.69 Å². The first kappa shape index (κ1) is 12.1. The number of aryl methyl sites for hydroxylation is 1. The van der Waals surface area contributed by atoms with Crippen LogP contribution in [0.1, 0.15) is 12.0 Å². The summed E-state index contributed by atoms with van der Waals surface area (Å²) < 4.78 is 1.72. The van der Waals surface area contributed by atoms with E-state index in [1.54, 1.807) is 4.68 Å². The van der Waals surface area contributed by atoms with Crippen molar-refractivity contribution in [3.63, 3.8) is 0 Å². The molecule has 0 saturated heterocycles. The fraction of sp³-hybridized carbons (Fsp3) is 0.308. The minimum Gasteiger partial charge on any atom is -0.330 e. The highest BCUT2D eigenvalue weighted by atomic mass is 35.5. The Kier molecular flexibility index (Phi) is 3.82. The van der Waals surface area contributed by atoms with Crippen LogP contribution in [0.25, 0.3) is 11.3 Å². The second kappa shape index (κ2) is 5.34. The molecular formula is C13H16ClN3. The lowest BCUT2D eigenvalue weighted by Crippen LogP contribution is -2.01. The fourth-order valence-corrected chi connectivity index (χ4v) is 2.10. The topological polar surface area (TPSA) is 43.8 Å². The number of hydrogen-bond acceptors (Lipinski definition) is 2. The number of nitrogens with zero attached hydrogens (tertiary/aromatic N) is 2. The number of aromatic nitrogens is 2. The first-order chi connectivity index (χ1) is 8.24. The number of nitrogens with two attached hydrogens (primary N) is 1. The molecule has 1 aromatic heterocycles. The van der Waals surface area contributed by atoms with E-state index in [0.29, 0.717) is 11.7 Å². The van der Waals surface area contributed by atoms with E-state index >= 15 is 0 Å². The van der Waals surface area contributed by atoms with Crippen LogP contribution in [0.3, 0.4) is 0 Å². The van der Waals surface area contributed by atoms with Gasteiger partial charge in [-0.05, 0) is 19.4 Å². The predicted octanol–water partition coefficient (Wildman–Crippen LogP) is 2.63. The van der Waals surface area contributed by atoms with Crippen LogP contribution in [0, 0.1) is 0 Å². The summed E-state index contributed by atoms with van der Waals surface area (Å²) in [7, 11) is 1.86. The predicted molar refractivity (Wildman–Crippen MR) is 71.0 cm³/mol. The van der Waals surface area contributed by atoms with Gasteiger partial charge in [-0.3, -0.25) is 4.68 Å². The Morgan fingerprint density at radius 1 is 1.29 bits per heavy atom. The molecule has 2 N–H and O–H groups in total. The number of benzene rings is 1. The van der Waals surface area contributed by atoms with Gasteiger partial charge in [0.1, 0.15) is 5.15 Å². The Morgan fingerprint density at radius 2 is 2.00 bits per heavy atom. The van der Waals surface area contributed by atoms with Crippen molar-refractivity contribution in [2.75, 3.05) is 6.54 Å². The quantitative estimate of drug-likeness (QED) is 0.905. The molecule has 90 valence electrons. The molecule has 1 aromatic carbocycles. The molecule has 0 aliphatic heterocycles. The summed E-state index contributed by atoms with van der Waals surface area (Å²) in [5, 5.41) is 5.18. The molecule has 2 aromatic rings. The van der Waals surface area contributed by atoms with Gasteiger partial charge in [-0.25, -0.2) is 0 Å². The molecule has 3 nitrogen and oxygen atoms in total. The van der Waals surface area contributed by atoms with Crippen molar-refractivity contribution in [3.05, 3.63) is 41.0 Å². The molecule has 2 rings (SSSR count). The Balaban J connectivity index is 2.43. The van der Waals surface area contributed by atoms with Crippen LogP contribution in [-0.4, -0.2) is 16.3 Å². The van der Waals surface area contributed by atoms with Crippen LogP contribution in [0.5, 0.6) is 0 Å². The second-order valence-corrected chi connectivity index (χ2v) is 4.36.